The normalized spacial score (nSPS) is 24.5. The number of unbranched alkanes of at least 4 members (excludes halogenated alkanes) is 11. The number of aliphatic hydroxyl groups excluding tert-OH is 6. The number of nitrogens with one attached hydrogen (secondary N) is 6. The highest BCUT2D eigenvalue weighted by Crippen LogP contribution is 2.23. The Kier molecular flexibility index (Phi) is 32.6. The van der Waals surface area contributed by atoms with Gasteiger partial charge in [0.25, 0.3) is 0 Å². The predicted molar refractivity (Wildman–Crippen MR) is 257 cm³/mol. The van der Waals surface area contributed by atoms with Gasteiger partial charge in [0.2, 0.25) is 35.4 Å². The summed E-state index contributed by atoms with van der Waals surface area (Å²) in [5.74, 6) is -4.44. The number of rotatable bonds is 38. The highest BCUT2D eigenvalue weighted by Gasteiger charge is 2.43. The maximum absolute atomic E-state index is 12.9. The van der Waals surface area contributed by atoms with Crippen molar-refractivity contribution in [3.05, 3.63) is 0 Å². The lowest BCUT2D eigenvalue weighted by molar-refractivity contribution is -0.292. The molecule has 0 radical (unpaired) electrons. The van der Waals surface area contributed by atoms with Gasteiger partial charge in [0, 0.05) is 39.0 Å². The lowest BCUT2D eigenvalue weighted by Gasteiger charge is -2.38. The fraction of sp³-hybridized carbons (Fsp3) is 0.851. The number of aliphatic carboxylic acids is 1. The van der Waals surface area contributed by atoms with Crippen LogP contribution in [-0.4, -0.2) is 215 Å². The molecule has 6 amide bonds. The first kappa shape index (κ1) is 64.0. The molecular formula is C47H85N7O18. The number of carbonyl (C=O) groups excluding carboxylic acids is 6. The molecule has 13 N–H and O–H groups in total. The average Bonchev–Trinajstić information content (AvgIpc) is 3.34. The second kappa shape index (κ2) is 36.7. The van der Waals surface area contributed by atoms with Gasteiger partial charge >= 0.3 is 5.97 Å². The molecule has 72 heavy (non-hydrogen) atoms. The van der Waals surface area contributed by atoms with Crippen LogP contribution >= 0.6 is 0 Å². The van der Waals surface area contributed by atoms with E-state index in [1.54, 1.807) is 0 Å². The summed E-state index contributed by atoms with van der Waals surface area (Å²) in [6.45, 7) is 3.04. The van der Waals surface area contributed by atoms with E-state index in [1.165, 1.54) is 63.7 Å². The van der Waals surface area contributed by atoms with Crippen molar-refractivity contribution in [2.75, 3.05) is 65.6 Å². The molecule has 0 aliphatic carbocycles. The number of carbonyl (C=O) groups is 7. The van der Waals surface area contributed by atoms with Crippen molar-refractivity contribution in [3.8, 4) is 0 Å². The molecule has 11 atom stereocenters. The van der Waals surface area contributed by atoms with Gasteiger partial charge in [-0.15, -0.1) is 0 Å². The molecule has 25 nitrogen and oxygen atoms in total. The van der Waals surface area contributed by atoms with Gasteiger partial charge in [0.05, 0.1) is 51.6 Å². The first-order chi connectivity index (χ1) is 34.3. The van der Waals surface area contributed by atoms with Crippen LogP contribution in [0.5, 0.6) is 0 Å². The minimum Gasteiger partial charge on any atom is -0.481 e. The van der Waals surface area contributed by atoms with E-state index in [4.69, 9.17) is 18.9 Å². The molecule has 2 aliphatic heterocycles. The Morgan fingerprint density at radius 2 is 0.931 bits per heavy atom. The van der Waals surface area contributed by atoms with Crippen molar-refractivity contribution < 1.29 is 88.3 Å². The zero-order chi connectivity index (χ0) is 53.4. The van der Waals surface area contributed by atoms with Crippen LogP contribution in [0.1, 0.15) is 124 Å². The maximum Gasteiger partial charge on any atom is 0.303 e. The van der Waals surface area contributed by atoms with Gasteiger partial charge in [0.15, 0.2) is 12.6 Å². The second-order valence-electron chi connectivity index (χ2n) is 18.4. The van der Waals surface area contributed by atoms with E-state index in [0.29, 0.717) is 19.3 Å². The third-order valence-electron chi connectivity index (χ3n) is 12.1. The number of ether oxygens (including phenoxy) is 4. The summed E-state index contributed by atoms with van der Waals surface area (Å²) < 4.78 is 21.6. The molecule has 0 aromatic rings. The van der Waals surface area contributed by atoms with E-state index in [0.717, 1.165) is 19.3 Å². The molecule has 0 bridgehead atoms. The van der Waals surface area contributed by atoms with Crippen molar-refractivity contribution in [2.45, 2.75) is 191 Å². The van der Waals surface area contributed by atoms with Gasteiger partial charge in [-0.1, -0.05) is 71.1 Å². The summed E-state index contributed by atoms with van der Waals surface area (Å²) in [6.07, 6.45) is 0.135. The third kappa shape index (κ3) is 26.7. The Balaban J connectivity index is 1.77. The number of nitrogens with zero attached hydrogens (tertiary/aromatic N) is 1. The number of hydrogen-bond acceptors (Lipinski definition) is 18. The highest BCUT2D eigenvalue weighted by atomic mass is 16.7. The molecule has 0 aromatic carbocycles. The van der Waals surface area contributed by atoms with Crippen LogP contribution in [-0.2, 0) is 52.5 Å². The quantitative estimate of drug-likeness (QED) is 0.0282. The first-order valence-corrected chi connectivity index (χ1v) is 25.5. The van der Waals surface area contributed by atoms with Crippen molar-refractivity contribution in [2.24, 2.45) is 0 Å². The third-order valence-corrected chi connectivity index (χ3v) is 12.1. The van der Waals surface area contributed by atoms with Gasteiger partial charge in [0.1, 0.15) is 42.7 Å². The Hall–Kier alpha value is -4.15. The number of carboxylic acids is 1. The summed E-state index contributed by atoms with van der Waals surface area (Å²) in [6, 6.07) is -1.01. The fourth-order valence-corrected chi connectivity index (χ4v) is 7.78. The summed E-state index contributed by atoms with van der Waals surface area (Å²) in [5.41, 5.74) is 0. The second-order valence-corrected chi connectivity index (χ2v) is 18.4. The molecule has 0 spiro atoms. The zero-order valence-corrected chi connectivity index (χ0v) is 42.3. The molecule has 2 saturated heterocycles. The molecule has 1 unspecified atom stereocenters. The maximum atomic E-state index is 12.9. The van der Waals surface area contributed by atoms with Crippen molar-refractivity contribution in [1.82, 2.24) is 36.8 Å². The van der Waals surface area contributed by atoms with E-state index >= 15 is 0 Å². The lowest BCUT2D eigenvalue weighted by atomic mass is 10.0. The zero-order valence-electron chi connectivity index (χ0n) is 42.3. The SMILES string of the molecule is CCCCCCCCCCCCCC(=O)NC(CCC(=O)O)C(=O)NCCCCNC(=O)CNC(=O)CN(CC(=O)NCCO[C@@H]1O[C@@H](C)[C@@H](O)[C@@H](O)[C@@H]1O)CC(=O)NCCO[C@@H]1O[C@@H](C)[C@@H](O)[C@@H](O)[C@@H]1O. The van der Waals surface area contributed by atoms with Crippen molar-refractivity contribution in [3.63, 3.8) is 0 Å². The molecule has 2 heterocycles. The first-order valence-electron chi connectivity index (χ1n) is 25.5. The minimum atomic E-state index is -1.55. The van der Waals surface area contributed by atoms with E-state index in [1.807, 2.05) is 0 Å². The monoisotopic (exact) mass is 1040 g/mol. The summed E-state index contributed by atoms with van der Waals surface area (Å²) in [4.78, 5) is 89.2. The Morgan fingerprint density at radius 1 is 0.500 bits per heavy atom. The number of amides is 6. The van der Waals surface area contributed by atoms with Gasteiger partial charge in [-0.05, 0) is 39.5 Å². The van der Waals surface area contributed by atoms with E-state index in [2.05, 4.69) is 38.8 Å². The fourth-order valence-electron chi connectivity index (χ4n) is 7.78. The topological polar surface area (TPSA) is 373 Å². The molecule has 2 fully saturated rings. The standard InChI is InChI=1S/C47H85N7O18/c1-4-5-6-7-8-9-10-11-12-13-14-17-33(55)53-32(18-19-38(60)61)45(68)51-21-16-15-20-48-34(56)26-52-37(59)29-54(27-35(57)49-22-24-69-46-43(66)41(64)39(62)30(2)71-46)28-36(58)50-23-25-70-47-44(67)42(65)40(63)31(3)72-47/h30-32,39-44,46-47,62-67H,4-29H2,1-3H3,(H,48,56)(H,49,57)(H,50,58)(H,51,68)(H,52,59)(H,53,55)(H,60,61)/t30-,31-,32?,39+,40+,41+,42+,43-,44-,46+,47+/m0/s1. The number of aliphatic hydroxyl groups is 6. The largest absolute Gasteiger partial charge is 0.481 e. The van der Waals surface area contributed by atoms with Crippen LogP contribution in [0.25, 0.3) is 0 Å². The Labute approximate surface area is 422 Å². The number of carboxylic acid groups (broad SMARTS) is 1. The Bertz CT molecular complexity index is 1560. The van der Waals surface area contributed by atoms with Crippen molar-refractivity contribution in [1.29, 1.82) is 0 Å². The van der Waals surface area contributed by atoms with E-state index in [-0.39, 0.29) is 64.6 Å². The Morgan fingerprint density at radius 3 is 1.40 bits per heavy atom. The summed E-state index contributed by atoms with van der Waals surface area (Å²) in [7, 11) is 0. The van der Waals surface area contributed by atoms with Crippen LogP contribution in [0.15, 0.2) is 0 Å². The molecule has 416 valence electrons. The van der Waals surface area contributed by atoms with Crippen molar-refractivity contribution >= 4 is 41.4 Å². The van der Waals surface area contributed by atoms with Gasteiger partial charge in [-0.3, -0.25) is 38.5 Å². The van der Waals surface area contributed by atoms with Crippen LogP contribution in [0, 0.1) is 0 Å². The molecule has 2 rings (SSSR count). The smallest absolute Gasteiger partial charge is 0.303 e. The summed E-state index contributed by atoms with van der Waals surface area (Å²) >= 11 is 0. The molecule has 25 heteroatoms. The number of hydrogen-bond donors (Lipinski definition) is 13. The lowest BCUT2D eigenvalue weighted by Crippen LogP contribution is -2.57. The van der Waals surface area contributed by atoms with Gasteiger partial charge in [-0.2, -0.15) is 0 Å². The van der Waals surface area contributed by atoms with E-state index < -0.39 is 129 Å². The van der Waals surface area contributed by atoms with Crippen LogP contribution in [0.2, 0.25) is 0 Å². The summed E-state index contributed by atoms with van der Waals surface area (Å²) in [5, 5.41) is 84.8. The van der Waals surface area contributed by atoms with Gasteiger partial charge in [-0.25, -0.2) is 0 Å². The van der Waals surface area contributed by atoms with Gasteiger partial charge < -0.3 is 86.6 Å². The molecule has 0 saturated carbocycles. The molecular weight excluding hydrogens is 951 g/mol. The average molecular weight is 1040 g/mol. The predicted octanol–water partition coefficient (Wildman–Crippen LogP) is -2.61. The van der Waals surface area contributed by atoms with Crippen LogP contribution in [0.3, 0.4) is 0 Å². The molecule has 0 aromatic heterocycles. The van der Waals surface area contributed by atoms with Crippen LogP contribution in [0.4, 0.5) is 0 Å². The highest BCUT2D eigenvalue weighted by molar-refractivity contribution is 5.88. The van der Waals surface area contributed by atoms with Crippen LogP contribution < -0.4 is 31.9 Å². The van der Waals surface area contributed by atoms with E-state index in [9.17, 15) is 69.3 Å². The minimum absolute atomic E-state index is 0.0674. The molecule has 2 aliphatic rings.